The number of ether oxygens (including phenoxy) is 1. The Bertz CT molecular complexity index is 966. The number of aromatic nitrogens is 4. The van der Waals surface area contributed by atoms with Crippen LogP contribution in [0.15, 0.2) is 46.8 Å². The predicted octanol–water partition coefficient (Wildman–Crippen LogP) is 4.39. The first-order valence-corrected chi connectivity index (χ1v) is 13.6. The Morgan fingerprint density at radius 3 is 1.82 bits per heavy atom. The van der Waals surface area contributed by atoms with E-state index in [1.54, 1.807) is 0 Å². The number of alkyl halides is 1. The Labute approximate surface area is 232 Å². The molecule has 0 spiro atoms. The average molecular weight is 604 g/mol. The van der Waals surface area contributed by atoms with E-state index >= 15 is 0 Å². The highest BCUT2D eigenvalue weighted by Crippen LogP contribution is 2.15. The van der Waals surface area contributed by atoms with Crippen LogP contribution in [0.3, 0.4) is 0 Å². The van der Waals surface area contributed by atoms with Crippen molar-refractivity contribution in [1.82, 2.24) is 19.5 Å². The summed E-state index contributed by atoms with van der Waals surface area (Å²) in [5, 5.41) is 17.4. The highest BCUT2D eigenvalue weighted by Gasteiger charge is 2.21. The molecule has 2 aromatic heterocycles. The van der Waals surface area contributed by atoms with Gasteiger partial charge in [0.1, 0.15) is 10.9 Å². The molecule has 0 bridgehead atoms. The number of rotatable bonds is 7. The van der Waals surface area contributed by atoms with Crippen LogP contribution in [0.1, 0.15) is 73.3 Å². The van der Waals surface area contributed by atoms with Crippen molar-refractivity contribution in [1.29, 1.82) is 0 Å². The van der Waals surface area contributed by atoms with E-state index in [1.165, 1.54) is 48.4 Å². The molecule has 0 saturated carbocycles. The largest absolute Gasteiger partial charge is 0.480 e. The Balaban J connectivity index is 0. The van der Waals surface area contributed by atoms with E-state index in [1.807, 2.05) is 41.5 Å². The maximum Gasteiger partial charge on any atom is 0.326 e. The zero-order valence-corrected chi connectivity index (χ0v) is 24.8. The summed E-state index contributed by atoms with van der Waals surface area (Å²) in [5.74, 6) is -1.11. The maximum absolute atomic E-state index is 11.4. The fourth-order valence-electron chi connectivity index (χ4n) is 2.73. The van der Waals surface area contributed by atoms with Crippen molar-refractivity contribution in [3.05, 3.63) is 57.9 Å². The second-order valence-electron chi connectivity index (χ2n) is 8.66. The number of carboxylic acids is 2. The molecule has 3 N–H and O–H groups in total. The van der Waals surface area contributed by atoms with Crippen LogP contribution in [0, 0.1) is 11.8 Å². The molecule has 0 amide bonds. The monoisotopic (exact) mass is 602 g/mol. The summed E-state index contributed by atoms with van der Waals surface area (Å²) in [7, 11) is 0. The van der Waals surface area contributed by atoms with Gasteiger partial charge in [0.2, 0.25) is 0 Å². The molecule has 1 fully saturated rings. The van der Waals surface area contributed by atoms with Gasteiger partial charge in [-0.1, -0.05) is 57.5 Å². The van der Waals surface area contributed by atoms with Crippen LogP contribution in [0.2, 0.25) is 0 Å². The lowest BCUT2D eigenvalue weighted by atomic mass is 10.0. The zero-order valence-electron chi connectivity index (χ0n) is 23.2. The predicted molar refractivity (Wildman–Crippen MR) is 151 cm³/mol. The van der Waals surface area contributed by atoms with Crippen molar-refractivity contribution in [2.75, 3.05) is 13.2 Å². The molecule has 0 aromatic carbocycles. The van der Waals surface area contributed by atoms with Gasteiger partial charge >= 0.3 is 11.9 Å². The number of aromatic amines is 1. The van der Waals surface area contributed by atoms with Crippen LogP contribution in [0.5, 0.6) is 0 Å². The number of hydrogen-bond acceptors (Lipinski definition) is 7. The molecule has 12 heteroatoms. The number of carboxylic acid groups (broad SMARTS) is 2. The van der Waals surface area contributed by atoms with Gasteiger partial charge in [0.05, 0.1) is 12.4 Å². The van der Waals surface area contributed by atoms with Crippen molar-refractivity contribution in [3.8, 4) is 0 Å². The first-order chi connectivity index (χ1) is 18.0. The minimum Gasteiger partial charge on any atom is -0.480 e. The highest BCUT2D eigenvalue weighted by atomic mass is 79.9. The lowest BCUT2D eigenvalue weighted by molar-refractivity contribution is -0.141. The van der Waals surface area contributed by atoms with Gasteiger partial charge in [0, 0.05) is 38.0 Å². The van der Waals surface area contributed by atoms with E-state index in [4.69, 9.17) is 14.9 Å². The van der Waals surface area contributed by atoms with Gasteiger partial charge in [0.15, 0.2) is 0 Å². The molecule has 11 nitrogen and oxygen atoms in total. The lowest BCUT2D eigenvalue weighted by Gasteiger charge is -2.16. The van der Waals surface area contributed by atoms with E-state index < -0.39 is 18.0 Å². The van der Waals surface area contributed by atoms with Crippen molar-refractivity contribution >= 4 is 27.9 Å². The molecular weight excluding hydrogens is 560 g/mol. The van der Waals surface area contributed by atoms with Crippen molar-refractivity contribution in [2.45, 2.75) is 78.1 Å². The average Bonchev–Trinajstić information content (AvgIpc) is 3.45. The van der Waals surface area contributed by atoms with Gasteiger partial charge < -0.3 is 19.9 Å². The van der Waals surface area contributed by atoms with E-state index in [9.17, 15) is 19.2 Å². The van der Waals surface area contributed by atoms with Crippen LogP contribution in [0.4, 0.5) is 0 Å². The Morgan fingerprint density at radius 1 is 0.974 bits per heavy atom. The van der Waals surface area contributed by atoms with Crippen LogP contribution in [-0.2, 0) is 14.3 Å². The summed E-state index contributed by atoms with van der Waals surface area (Å²) in [4.78, 5) is 51.9. The number of halogens is 1. The van der Waals surface area contributed by atoms with Gasteiger partial charge in [0.25, 0.3) is 11.1 Å². The molecule has 216 valence electrons. The fourth-order valence-corrected chi connectivity index (χ4v) is 3.48. The molecule has 0 unspecified atom stereocenters. The number of nitrogens with zero attached hydrogens (tertiary/aromatic N) is 3. The Morgan fingerprint density at radius 2 is 1.53 bits per heavy atom. The van der Waals surface area contributed by atoms with E-state index in [0.717, 1.165) is 19.4 Å². The number of hydrogen-bond donors (Lipinski definition) is 3. The summed E-state index contributed by atoms with van der Waals surface area (Å²) in [6.45, 7) is 13.8. The summed E-state index contributed by atoms with van der Waals surface area (Å²) in [6, 6.07) is -0.805. The normalized spacial score (nSPS) is 13.2. The van der Waals surface area contributed by atoms with E-state index in [-0.39, 0.29) is 21.9 Å². The zero-order chi connectivity index (χ0) is 29.5. The van der Waals surface area contributed by atoms with Gasteiger partial charge in [-0.25, -0.2) is 4.79 Å². The summed E-state index contributed by atoms with van der Waals surface area (Å²) < 4.78 is 6.15. The van der Waals surface area contributed by atoms with Crippen LogP contribution in [-0.4, -0.2) is 59.7 Å². The minimum absolute atomic E-state index is 0.164. The second kappa shape index (κ2) is 23.3. The molecule has 1 aliphatic rings. The molecule has 2 atom stereocenters. The standard InChI is InChI=1S/C10H14N2O3.C6H11BrO2.C4H4N2O.C4H8O.C2H6/c1-7(2)5-8(10(14)15)12-4-3-11-6-9(12)13;1-4(2)3-5(7)6(8)9;7-4-3-5-1-2-6-4;1-2-4-5-3-1;1-2/h3-4,6-8H,5H2,1-2H3,(H,14,15);4-5H,3H2,1-2H3,(H,8,9);1-3H,(H,6,7);1-4H2;1-2H3/t8-;5-;;;/m01.../s1. The molecule has 2 aromatic rings. The summed E-state index contributed by atoms with van der Waals surface area (Å²) >= 11 is 3.04. The number of nitrogens with one attached hydrogen (secondary N) is 1. The van der Waals surface area contributed by atoms with Crippen LogP contribution >= 0.6 is 15.9 Å². The smallest absolute Gasteiger partial charge is 0.326 e. The Hall–Kier alpha value is -2.86. The first kappa shape index (κ1) is 37.3. The van der Waals surface area contributed by atoms with Gasteiger partial charge in [-0.3, -0.25) is 28.9 Å². The van der Waals surface area contributed by atoms with Crippen LogP contribution < -0.4 is 11.1 Å². The molecule has 1 aliphatic heterocycles. The summed E-state index contributed by atoms with van der Waals surface area (Å²) in [5.41, 5.74) is -0.548. The van der Waals surface area contributed by atoms with E-state index in [0.29, 0.717) is 18.8 Å². The van der Waals surface area contributed by atoms with Crippen molar-refractivity contribution in [3.63, 3.8) is 0 Å². The molecule has 1 saturated heterocycles. The number of carbonyl (C=O) groups is 2. The maximum atomic E-state index is 11.4. The molecule has 0 radical (unpaired) electrons. The van der Waals surface area contributed by atoms with Gasteiger partial charge in [-0.05, 0) is 37.5 Å². The first-order valence-electron chi connectivity index (χ1n) is 12.6. The van der Waals surface area contributed by atoms with E-state index in [2.05, 4.69) is 30.9 Å². The SMILES string of the molecule is C1CCOC1.CC.CC(C)C[C@@H](Br)C(=O)O.CC(C)C[C@@H](C(=O)O)n1ccncc1=O.O=c1cncc[nH]1. The van der Waals surface area contributed by atoms with Crippen molar-refractivity contribution in [2.24, 2.45) is 11.8 Å². The molecule has 0 aliphatic carbocycles. The quantitative estimate of drug-likeness (QED) is 0.389. The topological polar surface area (TPSA) is 164 Å². The molecule has 3 rings (SSSR count). The fraction of sp³-hybridized carbons (Fsp3) is 0.615. The molecule has 3 heterocycles. The third kappa shape index (κ3) is 20.2. The number of aliphatic carboxylic acids is 2. The summed E-state index contributed by atoms with van der Waals surface area (Å²) in [6.07, 6.45) is 11.8. The molecular formula is C26H43BrN4O7. The van der Waals surface area contributed by atoms with Crippen LogP contribution in [0.25, 0.3) is 0 Å². The van der Waals surface area contributed by atoms with Gasteiger partial charge in [-0.15, -0.1) is 0 Å². The third-order valence-corrected chi connectivity index (χ3v) is 5.19. The third-order valence-electron chi connectivity index (χ3n) is 4.42. The number of H-pyrrole nitrogens is 1. The van der Waals surface area contributed by atoms with Crippen molar-refractivity contribution < 1.29 is 24.5 Å². The van der Waals surface area contributed by atoms with Gasteiger partial charge in [-0.2, -0.15) is 0 Å². The minimum atomic E-state index is -0.989. The second-order valence-corrected chi connectivity index (χ2v) is 9.77. The highest BCUT2D eigenvalue weighted by molar-refractivity contribution is 9.10. The molecule has 38 heavy (non-hydrogen) atoms. The Kier molecular flexibility index (Phi) is 22.8. The lowest BCUT2D eigenvalue weighted by Crippen LogP contribution is -2.30.